The first kappa shape index (κ1) is 8.29. The van der Waals surface area contributed by atoms with E-state index in [2.05, 4.69) is 16.6 Å². The number of alkyl halides is 3. The SMILES string of the molecule is F[C](F)(F)[Tl]([Cl])[Cl]. The van der Waals surface area contributed by atoms with Gasteiger partial charge in [-0.1, -0.05) is 0 Å². The molecule has 0 aromatic rings. The zero-order valence-electron chi connectivity index (χ0n) is 2.97. The predicted octanol–water partition coefficient (Wildman–Crippen LogP) is 2.05. The summed E-state index contributed by atoms with van der Waals surface area (Å²) in [5.41, 5.74) is 0. The molecule has 0 radical (unpaired) electrons. The molecule has 0 rings (SSSR count). The zero-order valence-corrected chi connectivity index (χ0v) is 8.97. The van der Waals surface area contributed by atoms with E-state index in [9.17, 15) is 13.2 Å². The Morgan fingerprint density at radius 2 is 1.29 bits per heavy atom. The van der Waals surface area contributed by atoms with Crippen LogP contribution in [0.5, 0.6) is 0 Å². The van der Waals surface area contributed by atoms with Crippen LogP contribution in [0.1, 0.15) is 0 Å². The van der Waals surface area contributed by atoms with Crippen molar-refractivity contribution in [2.45, 2.75) is 3.74 Å². The minimum absolute atomic E-state index is 4.11. The zero-order chi connectivity index (χ0) is 6.08. The number of halogens is 5. The summed E-state index contributed by atoms with van der Waals surface area (Å²) < 4.78 is 28.8. The molecule has 0 aromatic carbocycles. The van der Waals surface area contributed by atoms with Crippen molar-refractivity contribution in [1.29, 1.82) is 0 Å². The quantitative estimate of drug-likeness (QED) is 0.590. The van der Waals surface area contributed by atoms with Gasteiger partial charge in [0.2, 0.25) is 0 Å². The third-order valence-electron chi connectivity index (χ3n) is 0.247. The third kappa shape index (κ3) is 3.84. The predicted molar refractivity (Wildman–Crippen MR) is 23.5 cm³/mol. The normalized spacial score (nSPS) is 11.6. The molecule has 0 unspecified atom stereocenters. The summed E-state index contributed by atoms with van der Waals surface area (Å²) in [7, 11) is 9.23. The molecule has 0 fully saturated rings. The molecule has 0 atom stereocenters. The first-order chi connectivity index (χ1) is 2.94. The van der Waals surface area contributed by atoms with E-state index >= 15 is 0 Å². The summed E-state index contributed by atoms with van der Waals surface area (Å²) in [4.78, 5) is 0. The van der Waals surface area contributed by atoms with E-state index in [1.54, 1.807) is 0 Å². The van der Waals surface area contributed by atoms with Crippen LogP contribution in [-0.4, -0.2) is 24.0 Å². The molecule has 0 aliphatic carbocycles. The van der Waals surface area contributed by atoms with Crippen molar-refractivity contribution in [3.63, 3.8) is 0 Å². The molecule has 6 heteroatoms. The van der Waals surface area contributed by atoms with E-state index in [1.807, 2.05) is 0 Å². The number of rotatable bonds is 0. The van der Waals surface area contributed by atoms with E-state index in [-0.39, 0.29) is 0 Å². The van der Waals surface area contributed by atoms with Gasteiger partial charge < -0.3 is 0 Å². The van der Waals surface area contributed by atoms with Crippen molar-refractivity contribution >= 4 is 36.9 Å². The number of hydrogen-bond acceptors (Lipinski definition) is 0. The van der Waals surface area contributed by atoms with Gasteiger partial charge in [0.05, 0.1) is 0 Å². The summed E-state index contributed by atoms with van der Waals surface area (Å²) in [6.45, 7) is 0. The average molecular weight is 344 g/mol. The van der Waals surface area contributed by atoms with Gasteiger partial charge in [-0.25, -0.2) is 0 Å². The monoisotopic (exact) mass is 344 g/mol. The molecule has 7 heavy (non-hydrogen) atoms. The summed E-state index contributed by atoms with van der Waals surface area (Å²) >= 11 is -4.11. The van der Waals surface area contributed by atoms with E-state index in [0.29, 0.717) is 0 Å². The van der Waals surface area contributed by atoms with Gasteiger partial charge in [0.15, 0.2) is 0 Å². The molecule has 0 saturated heterocycles. The molecule has 0 nitrogen and oxygen atoms in total. The average Bonchev–Trinajstić information content (AvgIpc) is 1.31. The molecule has 0 amide bonds. The van der Waals surface area contributed by atoms with Gasteiger partial charge in [0, 0.05) is 0 Å². The van der Waals surface area contributed by atoms with E-state index in [4.69, 9.17) is 0 Å². The standard InChI is InChI=1S/CF3.2ClH.Tl/c2-1(3)4;;;/h;2*1H;/q;;;+2/p-2. The second-order valence-corrected chi connectivity index (χ2v) is 15.3. The maximum absolute atomic E-state index is 11.0. The molecule has 0 aliphatic rings. The Kier molecular flexibility index (Phi) is 3.23. The van der Waals surface area contributed by atoms with E-state index < -0.39 is 24.0 Å². The molecule has 0 bridgehead atoms. The van der Waals surface area contributed by atoms with Gasteiger partial charge in [-0.05, 0) is 0 Å². The van der Waals surface area contributed by atoms with E-state index in [0.717, 1.165) is 0 Å². The van der Waals surface area contributed by atoms with Crippen LogP contribution in [0.25, 0.3) is 0 Å². The molecule has 0 aromatic heterocycles. The van der Waals surface area contributed by atoms with Crippen LogP contribution in [-0.2, 0) is 0 Å². The van der Waals surface area contributed by atoms with Crippen molar-refractivity contribution in [2.24, 2.45) is 0 Å². The van der Waals surface area contributed by atoms with Crippen molar-refractivity contribution in [2.75, 3.05) is 0 Å². The second kappa shape index (κ2) is 2.73. The van der Waals surface area contributed by atoms with Crippen LogP contribution in [0.15, 0.2) is 0 Å². The second-order valence-electron chi connectivity index (χ2n) is 0.842. The minimum atomic E-state index is -4.25. The summed E-state index contributed by atoms with van der Waals surface area (Å²) in [6, 6.07) is 0. The van der Waals surface area contributed by atoms with Gasteiger partial charge in [-0.15, -0.1) is 0 Å². The molecule has 0 heterocycles. The van der Waals surface area contributed by atoms with Crippen LogP contribution in [0, 0.1) is 0 Å². The van der Waals surface area contributed by atoms with Gasteiger partial charge in [-0.2, -0.15) is 0 Å². The Bertz CT molecular complexity index is 58.4. The van der Waals surface area contributed by atoms with Crippen LogP contribution >= 0.6 is 16.6 Å². The summed E-state index contributed by atoms with van der Waals surface area (Å²) in [5, 5.41) is 0. The van der Waals surface area contributed by atoms with Crippen molar-refractivity contribution in [3.05, 3.63) is 0 Å². The maximum atomic E-state index is 11.0. The topological polar surface area (TPSA) is 0 Å². The number of hydrogen-bond donors (Lipinski definition) is 0. The van der Waals surface area contributed by atoms with Gasteiger partial charge in [0.25, 0.3) is 0 Å². The van der Waals surface area contributed by atoms with Crippen LogP contribution in [0.2, 0.25) is 0 Å². The Balaban J connectivity index is 3.54. The molecule has 42 valence electrons. The Hall–Kier alpha value is 1.29. The first-order valence-corrected chi connectivity index (χ1v) is 14.6. The fourth-order valence-electron chi connectivity index (χ4n) is 0. The van der Waals surface area contributed by atoms with Crippen molar-refractivity contribution in [1.82, 2.24) is 0 Å². The molecular weight excluding hydrogens is 344 g/mol. The fraction of sp³-hybridized carbons (Fsp3) is 1.00. The molecular formula is CCl2F3Tl. The van der Waals surface area contributed by atoms with Gasteiger partial charge in [-0.3, -0.25) is 0 Å². The third-order valence-corrected chi connectivity index (χ3v) is 6.51. The molecule has 0 saturated carbocycles. The summed E-state index contributed by atoms with van der Waals surface area (Å²) in [6.07, 6.45) is 0. The Labute approximate surface area is 53.7 Å². The van der Waals surface area contributed by atoms with Crippen LogP contribution in [0.4, 0.5) is 13.2 Å². The fourth-order valence-corrected chi connectivity index (χ4v) is 0. The Morgan fingerprint density at radius 1 is 1.14 bits per heavy atom. The van der Waals surface area contributed by atoms with E-state index in [1.165, 1.54) is 0 Å². The van der Waals surface area contributed by atoms with Gasteiger partial charge >= 0.3 is 53.8 Å². The van der Waals surface area contributed by atoms with Crippen molar-refractivity contribution < 1.29 is 13.2 Å². The molecule has 0 spiro atoms. The van der Waals surface area contributed by atoms with Crippen LogP contribution in [0.3, 0.4) is 0 Å². The first-order valence-electron chi connectivity index (χ1n) is 1.29. The van der Waals surface area contributed by atoms with Crippen LogP contribution < -0.4 is 0 Å². The Morgan fingerprint density at radius 3 is 1.29 bits per heavy atom. The molecule has 0 aliphatic heterocycles. The van der Waals surface area contributed by atoms with Gasteiger partial charge in [0.1, 0.15) is 0 Å². The molecule has 0 N–H and O–H groups in total. The summed E-state index contributed by atoms with van der Waals surface area (Å²) in [5.74, 6) is 0. The van der Waals surface area contributed by atoms with Crippen molar-refractivity contribution in [3.8, 4) is 0 Å².